The zero-order chi connectivity index (χ0) is 35.6. The maximum Gasteiger partial charge on any atom is 0.290 e. The van der Waals surface area contributed by atoms with Crippen molar-refractivity contribution in [3.05, 3.63) is 84.0 Å². The average Bonchev–Trinajstić information content (AvgIpc) is 3.97. The first-order valence-corrected chi connectivity index (χ1v) is 16.0. The van der Waals surface area contributed by atoms with Crippen LogP contribution in [0.15, 0.2) is 61.2 Å². The summed E-state index contributed by atoms with van der Waals surface area (Å²) in [5.74, 6) is -0.0816. The van der Waals surface area contributed by atoms with Gasteiger partial charge >= 0.3 is 0 Å². The van der Waals surface area contributed by atoms with Crippen LogP contribution in [0.4, 0.5) is 0 Å². The van der Waals surface area contributed by atoms with Gasteiger partial charge in [0.2, 0.25) is 11.6 Å². The van der Waals surface area contributed by atoms with Crippen LogP contribution in [0.25, 0.3) is 11.4 Å². The molecule has 4 heterocycles. The van der Waals surface area contributed by atoms with Crippen molar-refractivity contribution in [3.63, 3.8) is 0 Å². The van der Waals surface area contributed by atoms with E-state index in [0.29, 0.717) is 35.6 Å². The Morgan fingerprint density at radius 1 is 0.720 bits per heavy atom. The lowest BCUT2D eigenvalue weighted by Crippen LogP contribution is -2.35. The van der Waals surface area contributed by atoms with Crippen LogP contribution in [-0.4, -0.2) is 89.4 Å². The fourth-order valence-electron chi connectivity index (χ4n) is 5.86. The number of carbonyl (C=O) groups excluding carboxylic acids is 2. The third-order valence-electron chi connectivity index (χ3n) is 9.01. The topological polar surface area (TPSA) is 221 Å². The predicted molar refractivity (Wildman–Crippen MR) is 177 cm³/mol. The Morgan fingerprint density at radius 3 is 1.50 bits per heavy atom. The third-order valence-corrected chi connectivity index (χ3v) is 9.01. The number of rotatable bonds is 8. The zero-order valence-electron chi connectivity index (χ0n) is 27.5. The SMILES string of the molecule is C[C@@H]1[C@@H](CNC(=O)c2ncn(-c3cccc(C#N)c3)n2)CCN1C#N.C[C@@H]1[C@H](CNC(=O)c2ncn(-c3cccc(C#N)c3)n2)CCN1C#N. The Bertz CT molecular complexity index is 1860. The summed E-state index contributed by atoms with van der Waals surface area (Å²) in [7, 11) is 0. The first-order valence-electron chi connectivity index (χ1n) is 16.0. The molecule has 4 aromatic rings. The number of carbonyl (C=O) groups is 2. The van der Waals surface area contributed by atoms with E-state index in [2.05, 4.69) is 55.3 Å². The molecule has 2 aliphatic heterocycles. The van der Waals surface area contributed by atoms with E-state index in [1.54, 1.807) is 58.3 Å². The van der Waals surface area contributed by atoms with E-state index in [-0.39, 0.29) is 47.4 Å². The molecule has 2 fully saturated rings. The Hall–Kier alpha value is -6.78. The number of nitrogens with one attached hydrogen (secondary N) is 2. The largest absolute Gasteiger partial charge is 0.349 e. The number of hydrogen-bond acceptors (Lipinski definition) is 12. The second kappa shape index (κ2) is 15.9. The van der Waals surface area contributed by atoms with Crippen LogP contribution in [0.3, 0.4) is 0 Å². The van der Waals surface area contributed by atoms with Crippen molar-refractivity contribution in [1.29, 1.82) is 21.0 Å². The summed E-state index contributed by atoms with van der Waals surface area (Å²) in [5.41, 5.74) is 2.35. The van der Waals surface area contributed by atoms with Gasteiger partial charge in [-0.05, 0) is 74.9 Å². The molecule has 0 bridgehead atoms. The fraction of sp³-hybridized carbons (Fsp3) is 0.353. The van der Waals surface area contributed by atoms with Gasteiger partial charge in [0.25, 0.3) is 11.8 Å². The molecule has 2 saturated heterocycles. The average molecular weight is 671 g/mol. The van der Waals surface area contributed by atoms with Gasteiger partial charge in [0.15, 0.2) is 12.4 Å². The van der Waals surface area contributed by atoms with Crippen LogP contribution in [0.1, 0.15) is 59.1 Å². The molecular formula is C34H34N14O2. The van der Waals surface area contributed by atoms with Crippen LogP contribution in [0, 0.1) is 57.4 Å². The minimum atomic E-state index is -0.349. The van der Waals surface area contributed by atoms with Gasteiger partial charge in [-0.15, -0.1) is 10.2 Å². The van der Waals surface area contributed by atoms with Crippen molar-refractivity contribution in [1.82, 2.24) is 50.0 Å². The van der Waals surface area contributed by atoms with Gasteiger partial charge in [-0.1, -0.05) is 12.1 Å². The molecule has 50 heavy (non-hydrogen) atoms. The summed E-state index contributed by atoms with van der Waals surface area (Å²) in [6.07, 6.45) is 8.96. The number of nitriles is 4. The van der Waals surface area contributed by atoms with Gasteiger partial charge in [-0.2, -0.15) is 21.0 Å². The maximum absolute atomic E-state index is 12.2. The van der Waals surface area contributed by atoms with E-state index in [1.807, 2.05) is 13.8 Å². The number of amides is 2. The van der Waals surface area contributed by atoms with Gasteiger partial charge in [0.1, 0.15) is 12.7 Å². The van der Waals surface area contributed by atoms with E-state index in [9.17, 15) is 9.59 Å². The molecular weight excluding hydrogens is 636 g/mol. The molecule has 0 spiro atoms. The standard InChI is InChI=1S/2C17H17N7O/c2*1-12-14(5-6-23(12)10-19)9-20-17(25)16-21-11-24(22-16)15-4-2-3-13(7-15)8-18/h2*2-4,7,11-12,14H,5-6,9H2,1H3,(H,20,25)/t12-,14+;12-,14-/m11/s1. The summed E-state index contributed by atoms with van der Waals surface area (Å²) >= 11 is 0. The van der Waals surface area contributed by atoms with E-state index in [0.717, 1.165) is 25.9 Å². The first-order chi connectivity index (χ1) is 24.2. The molecule has 2 aliphatic rings. The summed E-state index contributed by atoms with van der Waals surface area (Å²) in [6, 6.07) is 18.2. The number of aromatic nitrogens is 6. The molecule has 0 saturated carbocycles. The maximum atomic E-state index is 12.2. The van der Waals surface area contributed by atoms with E-state index < -0.39 is 0 Å². The fourth-order valence-corrected chi connectivity index (χ4v) is 5.86. The lowest BCUT2D eigenvalue weighted by molar-refractivity contribution is 0.0927. The molecule has 252 valence electrons. The molecule has 4 atom stereocenters. The highest BCUT2D eigenvalue weighted by molar-refractivity contribution is 5.90. The van der Waals surface area contributed by atoms with Crippen LogP contribution in [0.2, 0.25) is 0 Å². The highest BCUT2D eigenvalue weighted by Gasteiger charge is 2.31. The van der Waals surface area contributed by atoms with Crippen molar-refractivity contribution in [2.75, 3.05) is 26.2 Å². The predicted octanol–water partition coefficient (Wildman–Crippen LogP) is 2.12. The number of likely N-dealkylation sites (tertiary alicyclic amines) is 2. The van der Waals surface area contributed by atoms with Crippen LogP contribution >= 0.6 is 0 Å². The molecule has 16 heteroatoms. The summed E-state index contributed by atoms with van der Waals surface area (Å²) < 4.78 is 2.93. The molecule has 0 aliphatic carbocycles. The van der Waals surface area contributed by atoms with E-state index in [1.165, 1.54) is 22.0 Å². The summed E-state index contributed by atoms with van der Waals surface area (Å²) in [5, 5.41) is 49.9. The van der Waals surface area contributed by atoms with E-state index in [4.69, 9.17) is 21.0 Å². The molecule has 6 rings (SSSR count). The lowest BCUT2D eigenvalue weighted by Gasteiger charge is -2.19. The number of hydrogen-bond donors (Lipinski definition) is 2. The second-order valence-corrected chi connectivity index (χ2v) is 11.9. The highest BCUT2D eigenvalue weighted by atomic mass is 16.2. The summed E-state index contributed by atoms with van der Waals surface area (Å²) in [6.45, 7) is 6.39. The number of benzene rings is 2. The third kappa shape index (κ3) is 8.01. The van der Waals surface area contributed by atoms with Crippen LogP contribution in [-0.2, 0) is 0 Å². The van der Waals surface area contributed by atoms with Gasteiger partial charge in [0.05, 0.1) is 34.6 Å². The van der Waals surface area contributed by atoms with Crippen molar-refractivity contribution in [2.45, 2.75) is 38.8 Å². The minimum Gasteiger partial charge on any atom is -0.349 e. The van der Waals surface area contributed by atoms with Crippen LogP contribution in [0.5, 0.6) is 0 Å². The van der Waals surface area contributed by atoms with Crippen molar-refractivity contribution < 1.29 is 9.59 Å². The van der Waals surface area contributed by atoms with Crippen molar-refractivity contribution >= 4 is 11.8 Å². The smallest absolute Gasteiger partial charge is 0.290 e. The Balaban J connectivity index is 0.000000194. The molecule has 2 N–H and O–H groups in total. The first kappa shape index (κ1) is 34.6. The summed E-state index contributed by atoms with van der Waals surface area (Å²) in [4.78, 5) is 36.0. The monoisotopic (exact) mass is 670 g/mol. The van der Waals surface area contributed by atoms with Gasteiger partial charge in [0, 0.05) is 38.3 Å². The Labute approximate surface area is 288 Å². The normalized spacial score (nSPS) is 19.2. The quantitative estimate of drug-likeness (QED) is 0.257. The molecule has 2 aromatic carbocycles. The van der Waals surface area contributed by atoms with Crippen LogP contribution < -0.4 is 10.6 Å². The molecule has 0 unspecified atom stereocenters. The number of nitrogens with zero attached hydrogens (tertiary/aromatic N) is 12. The van der Waals surface area contributed by atoms with Crippen molar-refractivity contribution in [3.8, 4) is 35.9 Å². The lowest BCUT2D eigenvalue weighted by atomic mass is 10.0. The minimum absolute atomic E-state index is 0.0742. The molecule has 16 nitrogen and oxygen atoms in total. The highest BCUT2D eigenvalue weighted by Crippen LogP contribution is 2.23. The van der Waals surface area contributed by atoms with E-state index >= 15 is 0 Å². The zero-order valence-corrected chi connectivity index (χ0v) is 27.5. The van der Waals surface area contributed by atoms with Gasteiger partial charge in [-0.25, -0.2) is 19.3 Å². The Morgan fingerprint density at radius 2 is 1.14 bits per heavy atom. The molecule has 2 aromatic heterocycles. The van der Waals surface area contributed by atoms with Crippen molar-refractivity contribution in [2.24, 2.45) is 11.8 Å². The Kier molecular flexibility index (Phi) is 11.0. The van der Waals surface area contributed by atoms with Gasteiger partial charge < -0.3 is 20.4 Å². The molecule has 2 amide bonds. The molecule has 0 radical (unpaired) electrons. The second-order valence-electron chi connectivity index (χ2n) is 11.9. The van der Waals surface area contributed by atoms with Gasteiger partial charge in [-0.3, -0.25) is 9.59 Å².